The minimum atomic E-state index is -0.583. The zero-order chi connectivity index (χ0) is 13.7. The van der Waals surface area contributed by atoms with Gasteiger partial charge in [0.05, 0.1) is 0 Å². The van der Waals surface area contributed by atoms with Crippen LogP contribution in [0.15, 0.2) is 33.9 Å². The van der Waals surface area contributed by atoms with Crippen molar-refractivity contribution < 1.29 is 0 Å². The standard InChI is InChI=1S/C7H8ClN.C4H5N3O2/c1-5-4-6(8)2-3-7(5)9;5-2-1-3(8)7-4(9)6-2/h2-4H,9H2,1H3;1H,(H4,5,6,7,8,9). The van der Waals surface area contributed by atoms with Gasteiger partial charge in [0.15, 0.2) is 0 Å². The van der Waals surface area contributed by atoms with Gasteiger partial charge in [0.1, 0.15) is 5.82 Å². The SMILES string of the molecule is Cc1cc(Cl)ccc1N.Nc1cc(=O)[nH]c(=O)[nH]1. The van der Waals surface area contributed by atoms with Crippen LogP contribution in [0.5, 0.6) is 0 Å². The molecule has 0 aliphatic carbocycles. The summed E-state index contributed by atoms with van der Waals surface area (Å²) in [5, 5.41) is 0.738. The monoisotopic (exact) mass is 268 g/mol. The molecule has 0 aliphatic rings. The number of nitrogens with two attached hydrogens (primary N) is 2. The first kappa shape index (κ1) is 13.9. The van der Waals surface area contributed by atoms with Crippen molar-refractivity contribution in [3.63, 3.8) is 0 Å². The van der Waals surface area contributed by atoms with E-state index >= 15 is 0 Å². The maximum Gasteiger partial charge on any atom is 0.327 e. The summed E-state index contributed by atoms with van der Waals surface area (Å²) in [7, 11) is 0. The molecule has 0 saturated carbocycles. The molecule has 0 fully saturated rings. The summed E-state index contributed by atoms with van der Waals surface area (Å²) in [5.41, 5.74) is 11.4. The number of hydrogen-bond acceptors (Lipinski definition) is 4. The van der Waals surface area contributed by atoms with E-state index in [1.165, 1.54) is 0 Å². The van der Waals surface area contributed by atoms with Gasteiger partial charge in [0.25, 0.3) is 5.56 Å². The molecule has 6 N–H and O–H groups in total. The molecule has 6 nitrogen and oxygen atoms in total. The number of hydrogen-bond donors (Lipinski definition) is 4. The van der Waals surface area contributed by atoms with Gasteiger partial charge in [-0.3, -0.25) is 14.8 Å². The van der Waals surface area contributed by atoms with Gasteiger partial charge in [-0.25, -0.2) is 4.79 Å². The van der Waals surface area contributed by atoms with Crippen LogP contribution < -0.4 is 22.7 Å². The summed E-state index contributed by atoms with van der Waals surface area (Å²) >= 11 is 5.66. The van der Waals surface area contributed by atoms with Gasteiger partial charge in [-0.15, -0.1) is 0 Å². The lowest BCUT2D eigenvalue weighted by atomic mass is 10.2. The summed E-state index contributed by atoms with van der Waals surface area (Å²) in [5.74, 6) is 0.0729. The minimum absolute atomic E-state index is 0.0729. The molecule has 2 rings (SSSR count). The van der Waals surface area contributed by atoms with E-state index < -0.39 is 11.2 Å². The van der Waals surface area contributed by atoms with Crippen molar-refractivity contribution in [1.82, 2.24) is 9.97 Å². The van der Waals surface area contributed by atoms with Gasteiger partial charge in [-0.05, 0) is 30.7 Å². The molecule has 0 bridgehead atoms. The molecule has 1 aromatic carbocycles. The average molecular weight is 269 g/mol. The Balaban J connectivity index is 0.000000180. The average Bonchev–Trinajstić information content (AvgIpc) is 2.23. The van der Waals surface area contributed by atoms with Crippen LogP contribution >= 0.6 is 11.6 Å². The van der Waals surface area contributed by atoms with E-state index in [0.717, 1.165) is 22.3 Å². The first-order valence-corrected chi connectivity index (χ1v) is 5.37. The van der Waals surface area contributed by atoms with Crippen LogP contribution in [-0.4, -0.2) is 9.97 Å². The molecule has 1 aromatic heterocycles. The highest BCUT2D eigenvalue weighted by Gasteiger charge is 1.91. The summed E-state index contributed by atoms with van der Waals surface area (Å²) < 4.78 is 0. The highest BCUT2D eigenvalue weighted by molar-refractivity contribution is 6.30. The number of rotatable bonds is 0. The largest absolute Gasteiger partial charge is 0.399 e. The molecular formula is C11H13ClN4O2. The van der Waals surface area contributed by atoms with Crippen LogP contribution in [0, 0.1) is 6.92 Å². The Bertz CT molecular complexity index is 620. The zero-order valence-electron chi connectivity index (χ0n) is 9.66. The minimum Gasteiger partial charge on any atom is -0.399 e. The van der Waals surface area contributed by atoms with Crippen molar-refractivity contribution in [1.29, 1.82) is 0 Å². The van der Waals surface area contributed by atoms with Crippen LogP contribution in [0.25, 0.3) is 0 Å². The topological polar surface area (TPSA) is 118 Å². The number of benzene rings is 1. The lowest BCUT2D eigenvalue weighted by Crippen LogP contribution is -2.22. The Hall–Kier alpha value is -2.21. The predicted octanol–water partition coefficient (Wildman–Crippen LogP) is 0.876. The van der Waals surface area contributed by atoms with Crippen molar-refractivity contribution in [3.05, 3.63) is 55.7 Å². The van der Waals surface area contributed by atoms with E-state index in [1.807, 2.05) is 18.0 Å². The Morgan fingerprint density at radius 2 is 1.78 bits per heavy atom. The van der Waals surface area contributed by atoms with E-state index in [2.05, 4.69) is 4.98 Å². The molecule has 0 unspecified atom stereocenters. The summed E-state index contributed by atoms with van der Waals surface area (Å²) in [6.45, 7) is 1.93. The fourth-order valence-electron chi connectivity index (χ4n) is 1.13. The number of aromatic nitrogens is 2. The van der Waals surface area contributed by atoms with E-state index in [9.17, 15) is 9.59 Å². The molecule has 0 atom stereocenters. The molecule has 0 aliphatic heterocycles. The van der Waals surface area contributed by atoms with Gasteiger partial charge in [-0.2, -0.15) is 0 Å². The van der Waals surface area contributed by atoms with Gasteiger partial charge < -0.3 is 11.5 Å². The third kappa shape index (κ3) is 4.34. The Kier molecular flexibility index (Phi) is 4.56. The normalized spacial score (nSPS) is 9.44. The van der Waals surface area contributed by atoms with Crippen LogP contribution in [0.2, 0.25) is 5.02 Å². The molecule has 18 heavy (non-hydrogen) atoms. The second-order valence-corrected chi connectivity index (χ2v) is 3.98. The number of aromatic amines is 2. The molecule has 7 heteroatoms. The van der Waals surface area contributed by atoms with Gasteiger partial charge in [0.2, 0.25) is 0 Å². The van der Waals surface area contributed by atoms with E-state index in [0.29, 0.717) is 0 Å². The highest BCUT2D eigenvalue weighted by Crippen LogP contribution is 2.15. The molecule has 0 saturated heterocycles. The molecule has 0 radical (unpaired) electrons. The number of nitrogens with one attached hydrogen (secondary N) is 2. The predicted molar refractivity (Wildman–Crippen MR) is 72.7 cm³/mol. The maximum atomic E-state index is 10.4. The molecule has 96 valence electrons. The fourth-order valence-corrected chi connectivity index (χ4v) is 1.35. The van der Waals surface area contributed by atoms with Crippen LogP contribution in [-0.2, 0) is 0 Å². The number of anilines is 2. The number of aryl methyl sites for hydroxylation is 1. The third-order valence-electron chi connectivity index (χ3n) is 2.01. The molecule has 0 amide bonds. The third-order valence-corrected chi connectivity index (χ3v) is 2.25. The van der Waals surface area contributed by atoms with E-state index in [4.69, 9.17) is 23.1 Å². The molecule has 1 heterocycles. The lowest BCUT2D eigenvalue weighted by molar-refractivity contribution is 1.05. The summed E-state index contributed by atoms with van der Waals surface area (Å²) in [6, 6.07) is 6.53. The number of nitrogen functional groups attached to an aromatic ring is 2. The van der Waals surface area contributed by atoms with Crippen LogP contribution in [0.4, 0.5) is 11.5 Å². The second kappa shape index (κ2) is 5.92. The maximum absolute atomic E-state index is 10.4. The van der Waals surface area contributed by atoms with Crippen LogP contribution in [0.3, 0.4) is 0 Å². The van der Waals surface area contributed by atoms with Gasteiger partial charge in [0, 0.05) is 16.8 Å². The number of halogens is 1. The van der Waals surface area contributed by atoms with E-state index in [1.54, 1.807) is 12.1 Å². The van der Waals surface area contributed by atoms with Crippen LogP contribution in [0.1, 0.15) is 5.56 Å². The molecule has 2 aromatic rings. The Morgan fingerprint density at radius 1 is 1.11 bits per heavy atom. The first-order valence-electron chi connectivity index (χ1n) is 4.99. The fraction of sp³-hybridized carbons (Fsp3) is 0.0909. The van der Waals surface area contributed by atoms with Crippen molar-refractivity contribution in [2.45, 2.75) is 6.92 Å². The second-order valence-electron chi connectivity index (χ2n) is 3.54. The smallest absolute Gasteiger partial charge is 0.327 e. The van der Waals surface area contributed by atoms with Gasteiger partial charge in [-0.1, -0.05) is 11.6 Å². The Labute approximate surface area is 108 Å². The zero-order valence-corrected chi connectivity index (χ0v) is 10.4. The van der Waals surface area contributed by atoms with Crippen molar-refractivity contribution in [2.75, 3.05) is 11.5 Å². The lowest BCUT2D eigenvalue weighted by Gasteiger charge is -1.97. The van der Waals surface area contributed by atoms with Crippen molar-refractivity contribution >= 4 is 23.1 Å². The summed E-state index contributed by atoms with van der Waals surface area (Å²) in [4.78, 5) is 24.8. The van der Waals surface area contributed by atoms with Crippen molar-refractivity contribution in [3.8, 4) is 0 Å². The highest BCUT2D eigenvalue weighted by atomic mass is 35.5. The molecule has 0 spiro atoms. The van der Waals surface area contributed by atoms with E-state index in [-0.39, 0.29) is 5.82 Å². The Morgan fingerprint density at radius 3 is 2.22 bits per heavy atom. The molecular weight excluding hydrogens is 256 g/mol. The quantitative estimate of drug-likeness (QED) is 0.530. The summed E-state index contributed by atoms with van der Waals surface area (Å²) in [6.07, 6.45) is 0. The first-order chi connectivity index (χ1) is 8.38. The van der Waals surface area contributed by atoms with Crippen molar-refractivity contribution in [2.24, 2.45) is 0 Å². The number of H-pyrrole nitrogens is 2. The van der Waals surface area contributed by atoms with Gasteiger partial charge >= 0.3 is 5.69 Å².